The van der Waals surface area contributed by atoms with E-state index >= 15 is 0 Å². The first-order valence-electron chi connectivity index (χ1n) is 6.09. The summed E-state index contributed by atoms with van der Waals surface area (Å²) in [6, 6.07) is 1.68. The number of benzene rings is 1. The highest BCUT2D eigenvalue weighted by atomic mass is 32.2. The molecule has 0 amide bonds. The molecule has 1 fully saturated rings. The van der Waals surface area contributed by atoms with Gasteiger partial charge in [0.25, 0.3) is 0 Å². The molecule has 1 aromatic rings. The number of nitrogens with one attached hydrogen (secondary N) is 1. The van der Waals surface area contributed by atoms with Crippen molar-refractivity contribution in [3.05, 3.63) is 29.3 Å². The van der Waals surface area contributed by atoms with E-state index in [1.54, 1.807) is 0 Å². The van der Waals surface area contributed by atoms with Crippen LogP contribution in [0.25, 0.3) is 0 Å². The summed E-state index contributed by atoms with van der Waals surface area (Å²) in [5.41, 5.74) is 0.118. The molecule has 106 valence electrons. The molecule has 0 saturated carbocycles. The zero-order chi connectivity index (χ0) is 14.0. The lowest BCUT2D eigenvalue weighted by Crippen LogP contribution is -2.34. The van der Waals surface area contributed by atoms with Gasteiger partial charge in [-0.05, 0) is 31.5 Å². The summed E-state index contributed by atoms with van der Waals surface area (Å²) >= 11 is 0. The summed E-state index contributed by atoms with van der Waals surface area (Å²) in [6.45, 7) is 3.30. The molecule has 1 heterocycles. The minimum absolute atomic E-state index is 0.118. The van der Waals surface area contributed by atoms with E-state index in [0.29, 0.717) is 25.6 Å². The van der Waals surface area contributed by atoms with Gasteiger partial charge < -0.3 is 5.32 Å². The van der Waals surface area contributed by atoms with Crippen LogP contribution in [0.3, 0.4) is 0 Å². The van der Waals surface area contributed by atoms with Gasteiger partial charge in [0.2, 0.25) is 10.0 Å². The fourth-order valence-corrected chi connectivity index (χ4v) is 3.64. The maximum Gasteiger partial charge on any atom is 0.246 e. The van der Waals surface area contributed by atoms with Crippen LogP contribution in [0.15, 0.2) is 17.0 Å². The zero-order valence-electron chi connectivity index (χ0n) is 10.6. The lowest BCUT2D eigenvalue weighted by Gasteiger charge is -2.20. The first-order chi connectivity index (χ1) is 8.93. The van der Waals surface area contributed by atoms with Crippen LogP contribution >= 0.6 is 0 Å². The Hall–Kier alpha value is -1.05. The van der Waals surface area contributed by atoms with Crippen molar-refractivity contribution in [2.24, 2.45) is 0 Å². The smallest absolute Gasteiger partial charge is 0.246 e. The van der Waals surface area contributed by atoms with Crippen molar-refractivity contribution in [3.8, 4) is 0 Å². The fourth-order valence-electron chi connectivity index (χ4n) is 2.03. The summed E-state index contributed by atoms with van der Waals surface area (Å²) < 4.78 is 52.9. The standard InChI is InChI=1S/C12H16F2N2O2S/c1-9-7-12(11(14)8-10(9)13)19(17,18)16-5-2-3-15-4-6-16/h7-8,15H,2-6H2,1H3. The molecule has 2 rings (SSSR count). The Morgan fingerprint density at radius 1 is 1.16 bits per heavy atom. The van der Waals surface area contributed by atoms with Gasteiger partial charge in [0.15, 0.2) is 0 Å². The molecule has 0 bridgehead atoms. The summed E-state index contributed by atoms with van der Waals surface area (Å²) in [6.07, 6.45) is 0.668. The second-order valence-electron chi connectivity index (χ2n) is 4.54. The van der Waals surface area contributed by atoms with Crippen LogP contribution in [0, 0.1) is 18.6 Å². The predicted molar refractivity (Wildman–Crippen MR) is 67.3 cm³/mol. The van der Waals surface area contributed by atoms with Gasteiger partial charge in [0.1, 0.15) is 16.5 Å². The van der Waals surface area contributed by atoms with Crippen LogP contribution in [0.5, 0.6) is 0 Å². The van der Waals surface area contributed by atoms with Gasteiger partial charge in [-0.15, -0.1) is 0 Å². The number of aryl methyl sites for hydroxylation is 1. The van der Waals surface area contributed by atoms with Gasteiger partial charge >= 0.3 is 0 Å². The van der Waals surface area contributed by atoms with Gasteiger partial charge in [-0.1, -0.05) is 0 Å². The van der Waals surface area contributed by atoms with Crippen LogP contribution < -0.4 is 5.32 Å². The lowest BCUT2D eigenvalue weighted by atomic mass is 10.2. The number of sulfonamides is 1. The van der Waals surface area contributed by atoms with Gasteiger partial charge in [-0.3, -0.25) is 0 Å². The molecule has 1 aliphatic heterocycles. The topological polar surface area (TPSA) is 49.4 Å². The average molecular weight is 290 g/mol. The molecule has 0 atom stereocenters. The molecule has 0 unspecified atom stereocenters. The van der Waals surface area contributed by atoms with E-state index in [4.69, 9.17) is 0 Å². The zero-order valence-corrected chi connectivity index (χ0v) is 11.4. The summed E-state index contributed by atoms with van der Waals surface area (Å²) in [4.78, 5) is -0.451. The molecular weight excluding hydrogens is 274 g/mol. The molecule has 4 nitrogen and oxygen atoms in total. The van der Waals surface area contributed by atoms with E-state index in [2.05, 4.69) is 5.32 Å². The van der Waals surface area contributed by atoms with Crippen LogP contribution in [0.2, 0.25) is 0 Å². The number of halogens is 2. The molecule has 1 aromatic carbocycles. The van der Waals surface area contributed by atoms with Gasteiger partial charge in [0, 0.05) is 25.7 Å². The largest absolute Gasteiger partial charge is 0.315 e. The van der Waals surface area contributed by atoms with E-state index in [-0.39, 0.29) is 12.1 Å². The van der Waals surface area contributed by atoms with Crippen molar-refractivity contribution in [1.29, 1.82) is 0 Å². The van der Waals surface area contributed by atoms with Crippen molar-refractivity contribution in [1.82, 2.24) is 9.62 Å². The SMILES string of the molecule is Cc1cc(S(=O)(=O)N2CCCNCC2)c(F)cc1F. The normalized spacial score (nSPS) is 18.3. The number of rotatable bonds is 2. The van der Waals surface area contributed by atoms with E-state index < -0.39 is 26.6 Å². The van der Waals surface area contributed by atoms with Crippen molar-refractivity contribution < 1.29 is 17.2 Å². The summed E-state index contributed by atoms with van der Waals surface area (Å²) in [7, 11) is -3.90. The molecule has 0 aliphatic carbocycles. The molecular formula is C12H16F2N2O2S. The molecule has 1 saturated heterocycles. The third kappa shape index (κ3) is 2.93. The number of nitrogens with zero attached hydrogens (tertiary/aromatic N) is 1. The van der Waals surface area contributed by atoms with E-state index in [0.717, 1.165) is 12.6 Å². The first-order valence-corrected chi connectivity index (χ1v) is 7.53. The molecule has 0 radical (unpaired) electrons. The second-order valence-corrected chi connectivity index (χ2v) is 6.45. The molecule has 0 spiro atoms. The van der Waals surface area contributed by atoms with E-state index in [1.165, 1.54) is 11.2 Å². The predicted octanol–water partition coefficient (Wildman–Crippen LogP) is 1.26. The number of hydrogen-bond donors (Lipinski definition) is 1. The Morgan fingerprint density at radius 2 is 1.89 bits per heavy atom. The highest BCUT2D eigenvalue weighted by molar-refractivity contribution is 7.89. The van der Waals surface area contributed by atoms with Crippen LogP contribution in [0.4, 0.5) is 8.78 Å². The Labute approximate surface area is 111 Å². The third-order valence-electron chi connectivity index (χ3n) is 3.13. The molecule has 19 heavy (non-hydrogen) atoms. The van der Waals surface area contributed by atoms with Gasteiger partial charge in [-0.2, -0.15) is 4.31 Å². The Bertz CT molecular complexity index is 567. The van der Waals surface area contributed by atoms with Gasteiger partial charge in [-0.25, -0.2) is 17.2 Å². The molecule has 1 N–H and O–H groups in total. The minimum Gasteiger partial charge on any atom is -0.315 e. The fraction of sp³-hybridized carbons (Fsp3) is 0.500. The highest BCUT2D eigenvalue weighted by Gasteiger charge is 2.28. The highest BCUT2D eigenvalue weighted by Crippen LogP contribution is 2.22. The Kier molecular flexibility index (Phi) is 4.17. The molecule has 0 aromatic heterocycles. The monoisotopic (exact) mass is 290 g/mol. The van der Waals surface area contributed by atoms with Crippen molar-refractivity contribution >= 4 is 10.0 Å². The van der Waals surface area contributed by atoms with E-state index in [9.17, 15) is 17.2 Å². The molecule has 1 aliphatic rings. The Balaban J connectivity index is 2.41. The quantitative estimate of drug-likeness (QED) is 0.892. The maximum atomic E-state index is 13.7. The lowest BCUT2D eigenvalue weighted by molar-refractivity contribution is 0.426. The molecule has 7 heteroatoms. The summed E-state index contributed by atoms with van der Waals surface area (Å²) in [5.74, 6) is -1.78. The van der Waals surface area contributed by atoms with Crippen molar-refractivity contribution in [2.75, 3.05) is 26.2 Å². The van der Waals surface area contributed by atoms with Crippen LogP contribution in [-0.4, -0.2) is 38.9 Å². The Morgan fingerprint density at radius 3 is 2.63 bits per heavy atom. The van der Waals surface area contributed by atoms with Crippen LogP contribution in [-0.2, 0) is 10.0 Å². The van der Waals surface area contributed by atoms with Crippen LogP contribution in [0.1, 0.15) is 12.0 Å². The average Bonchev–Trinajstić information content (AvgIpc) is 2.62. The van der Waals surface area contributed by atoms with Gasteiger partial charge in [0.05, 0.1) is 0 Å². The van der Waals surface area contributed by atoms with E-state index in [1.807, 2.05) is 0 Å². The van der Waals surface area contributed by atoms with Crippen molar-refractivity contribution in [3.63, 3.8) is 0 Å². The minimum atomic E-state index is -3.90. The second kappa shape index (κ2) is 5.52. The third-order valence-corrected chi connectivity index (χ3v) is 5.04. The summed E-state index contributed by atoms with van der Waals surface area (Å²) in [5, 5.41) is 3.08. The maximum absolute atomic E-state index is 13.7. The van der Waals surface area contributed by atoms with Crippen molar-refractivity contribution in [2.45, 2.75) is 18.2 Å². The first kappa shape index (κ1) is 14.4. The number of hydrogen-bond acceptors (Lipinski definition) is 3.